The fourth-order valence-electron chi connectivity index (χ4n) is 3.21. The monoisotopic (exact) mass is 317 g/mol. The van der Waals surface area contributed by atoms with Crippen LogP contribution in [0.3, 0.4) is 0 Å². The molecule has 4 rings (SSSR count). The highest BCUT2D eigenvalue weighted by molar-refractivity contribution is 7.99. The van der Waals surface area contributed by atoms with Crippen molar-refractivity contribution in [1.82, 2.24) is 4.98 Å². The first-order valence-corrected chi connectivity index (χ1v) is 8.83. The van der Waals surface area contributed by atoms with Crippen molar-refractivity contribution in [2.45, 2.75) is 36.0 Å². The van der Waals surface area contributed by atoms with Gasteiger partial charge in [-0.2, -0.15) is 0 Å². The second-order valence-corrected chi connectivity index (χ2v) is 7.29. The summed E-state index contributed by atoms with van der Waals surface area (Å²) in [5.41, 5.74) is 6.69. The van der Waals surface area contributed by atoms with Crippen molar-refractivity contribution in [3.63, 3.8) is 0 Å². The van der Waals surface area contributed by atoms with Gasteiger partial charge >= 0.3 is 0 Å². The summed E-state index contributed by atoms with van der Waals surface area (Å²) in [6.07, 6.45) is 2.94. The molecule has 0 fully saturated rings. The van der Waals surface area contributed by atoms with E-state index < -0.39 is 0 Å². The van der Waals surface area contributed by atoms with Gasteiger partial charge in [0, 0.05) is 27.6 Å². The lowest BCUT2D eigenvalue weighted by atomic mass is 9.91. The Morgan fingerprint density at radius 2 is 1.70 bits per heavy atom. The fraction of sp³-hybridized carbons (Fsp3) is 0.190. The van der Waals surface area contributed by atoms with Gasteiger partial charge in [-0.1, -0.05) is 49.0 Å². The van der Waals surface area contributed by atoms with Crippen LogP contribution in [0.25, 0.3) is 0 Å². The predicted octanol–water partition coefficient (Wildman–Crippen LogP) is 5.60. The highest BCUT2D eigenvalue weighted by atomic mass is 32.2. The lowest BCUT2D eigenvalue weighted by Gasteiger charge is -2.21. The number of benzene rings is 2. The van der Waals surface area contributed by atoms with Crippen LogP contribution >= 0.6 is 11.8 Å². The van der Waals surface area contributed by atoms with Crippen LogP contribution in [0.5, 0.6) is 0 Å². The minimum Gasteiger partial charge on any atom is -0.262 e. The number of aromatic nitrogens is 1. The average Bonchev–Trinajstić information content (AvgIpc) is 2.59. The maximum Gasteiger partial charge on any atom is 0.0375 e. The molecule has 1 atom stereocenters. The molecule has 3 aromatic rings. The molecule has 23 heavy (non-hydrogen) atoms. The van der Waals surface area contributed by atoms with E-state index in [4.69, 9.17) is 0 Å². The van der Waals surface area contributed by atoms with Gasteiger partial charge in [-0.25, -0.2) is 0 Å². The Hall–Kier alpha value is -2.06. The molecule has 2 heterocycles. The molecule has 2 aromatic carbocycles. The van der Waals surface area contributed by atoms with E-state index in [1.54, 1.807) is 0 Å². The van der Waals surface area contributed by atoms with E-state index in [0.29, 0.717) is 5.92 Å². The first kappa shape index (κ1) is 14.5. The maximum atomic E-state index is 4.31. The second kappa shape index (κ2) is 5.86. The molecule has 0 amide bonds. The van der Waals surface area contributed by atoms with Crippen molar-refractivity contribution >= 4 is 11.8 Å². The average molecular weight is 317 g/mol. The first-order chi connectivity index (χ1) is 11.2. The van der Waals surface area contributed by atoms with Crippen molar-refractivity contribution in [2.24, 2.45) is 0 Å². The van der Waals surface area contributed by atoms with Crippen LogP contribution < -0.4 is 0 Å². The van der Waals surface area contributed by atoms with E-state index in [2.05, 4.69) is 73.4 Å². The summed E-state index contributed by atoms with van der Waals surface area (Å²) in [4.78, 5) is 7.10. The summed E-state index contributed by atoms with van der Waals surface area (Å²) in [5.74, 6) is 0.393. The third-order valence-corrected chi connectivity index (χ3v) is 5.82. The lowest BCUT2D eigenvalue weighted by Crippen LogP contribution is -2.03. The molecule has 0 aliphatic carbocycles. The van der Waals surface area contributed by atoms with Gasteiger partial charge in [0.25, 0.3) is 0 Å². The Morgan fingerprint density at radius 3 is 2.57 bits per heavy atom. The van der Waals surface area contributed by atoms with Crippen molar-refractivity contribution in [2.75, 3.05) is 0 Å². The molecular weight excluding hydrogens is 298 g/mol. The van der Waals surface area contributed by atoms with Crippen molar-refractivity contribution in [3.8, 4) is 0 Å². The molecule has 0 radical (unpaired) electrons. The first-order valence-electron chi connectivity index (χ1n) is 8.02. The van der Waals surface area contributed by atoms with E-state index in [-0.39, 0.29) is 0 Å². The number of hydrogen-bond acceptors (Lipinski definition) is 2. The quantitative estimate of drug-likeness (QED) is 0.477. The highest BCUT2D eigenvalue weighted by Crippen LogP contribution is 2.40. The maximum absolute atomic E-state index is 4.31. The van der Waals surface area contributed by atoms with Crippen LogP contribution in [0, 0.1) is 6.92 Å². The molecule has 0 saturated carbocycles. The fourth-order valence-corrected chi connectivity index (χ4v) is 4.26. The smallest absolute Gasteiger partial charge is 0.0375 e. The predicted molar refractivity (Wildman–Crippen MR) is 96.3 cm³/mol. The van der Waals surface area contributed by atoms with Gasteiger partial charge in [-0.15, -0.1) is 0 Å². The Kier molecular flexibility index (Phi) is 3.70. The molecule has 0 spiro atoms. The largest absolute Gasteiger partial charge is 0.262 e. The van der Waals surface area contributed by atoms with E-state index in [0.717, 1.165) is 12.1 Å². The number of rotatable bonds is 2. The molecule has 1 aliphatic heterocycles. The number of nitrogens with zero attached hydrogens (tertiary/aromatic N) is 1. The summed E-state index contributed by atoms with van der Waals surface area (Å²) in [5, 5.41) is 0. The molecule has 1 aromatic heterocycles. The minimum atomic E-state index is 0.393. The topological polar surface area (TPSA) is 12.9 Å². The van der Waals surface area contributed by atoms with E-state index >= 15 is 0 Å². The summed E-state index contributed by atoms with van der Waals surface area (Å²) < 4.78 is 0. The molecule has 0 bridgehead atoms. The van der Waals surface area contributed by atoms with Crippen LogP contribution in [0.1, 0.15) is 40.8 Å². The van der Waals surface area contributed by atoms with Gasteiger partial charge in [0.05, 0.1) is 0 Å². The lowest BCUT2D eigenvalue weighted by molar-refractivity contribution is 0.900. The molecule has 1 nitrogen and oxygen atoms in total. The minimum absolute atomic E-state index is 0.393. The standard InChI is InChI=1S/C21H19NS/c1-14-11-17(9-10-22-14)15(2)16-7-8-21-19(12-16)13-18-5-3-4-6-20(18)23-21/h3-12,15H,13H2,1-2H3. The number of fused-ring (bicyclic) bond motifs is 2. The zero-order chi connectivity index (χ0) is 15.8. The molecule has 1 aliphatic rings. The van der Waals surface area contributed by atoms with Crippen LogP contribution in [0.2, 0.25) is 0 Å². The third-order valence-electron chi connectivity index (χ3n) is 4.58. The van der Waals surface area contributed by atoms with E-state index in [1.807, 2.05) is 18.0 Å². The van der Waals surface area contributed by atoms with Crippen LogP contribution in [-0.4, -0.2) is 4.98 Å². The van der Waals surface area contributed by atoms with Crippen LogP contribution in [0.15, 0.2) is 70.6 Å². The van der Waals surface area contributed by atoms with Crippen molar-refractivity contribution in [1.29, 1.82) is 0 Å². The normalized spacial score (nSPS) is 14.0. The van der Waals surface area contributed by atoms with Crippen LogP contribution in [-0.2, 0) is 6.42 Å². The Labute approximate surface area is 141 Å². The van der Waals surface area contributed by atoms with Gasteiger partial charge in [0.2, 0.25) is 0 Å². The summed E-state index contributed by atoms with van der Waals surface area (Å²) in [6, 6.07) is 20.0. The second-order valence-electron chi connectivity index (χ2n) is 6.21. The van der Waals surface area contributed by atoms with Gasteiger partial charge in [-0.05, 0) is 59.9 Å². The van der Waals surface area contributed by atoms with Crippen molar-refractivity contribution < 1.29 is 0 Å². The third kappa shape index (κ3) is 2.79. The number of aryl methyl sites for hydroxylation is 1. The molecule has 0 N–H and O–H groups in total. The Bertz CT molecular complexity index is 869. The Morgan fingerprint density at radius 1 is 0.913 bits per heavy atom. The molecule has 2 heteroatoms. The highest BCUT2D eigenvalue weighted by Gasteiger charge is 2.17. The molecule has 0 saturated heterocycles. The van der Waals surface area contributed by atoms with Crippen LogP contribution in [0.4, 0.5) is 0 Å². The number of pyridine rings is 1. The zero-order valence-corrected chi connectivity index (χ0v) is 14.2. The summed E-state index contributed by atoms with van der Waals surface area (Å²) >= 11 is 1.89. The Balaban J connectivity index is 1.68. The summed E-state index contributed by atoms with van der Waals surface area (Å²) in [6.45, 7) is 4.33. The van der Waals surface area contributed by atoms with E-state index in [9.17, 15) is 0 Å². The molecule has 1 unspecified atom stereocenters. The van der Waals surface area contributed by atoms with Gasteiger partial charge < -0.3 is 0 Å². The van der Waals surface area contributed by atoms with Gasteiger partial charge in [0.1, 0.15) is 0 Å². The number of hydrogen-bond donors (Lipinski definition) is 0. The SMILES string of the molecule is Cc1cc(C(C)c2ccc3c(c2)Cc2ccccc2S3)ccn1. The van der Waals surface area contributed by atoms with Gasteiger partial charge in [-0.3, -0.25) is 4.98 Å². The van der Waals surface area contributed by atoms with E-state index in [1.165, 1.54) is 32.0 Å². The molecular formula is C21H19NS. The molecule has 114 valence electrons. The van der Waals surface area contributed by atoms with Gasteiger partial charge in [0.15, 0.2) is 0 Å². The summed E-state index contributed by atoms with van der Waals surface area (Å²) in [7, 11) is 0. The zero-order valence-electron chi connectivity index (χ0n) is 13.4. The van der Waals surface area contributed by atoms with Crippen molar-refractivity contribution in [3.05, 3.63) is 88.7 Å².